The zero-order valence-corrected chi connectivity index (χ0v) is 22.8. The number of anilines is 2. The molecule has 1 aromatic carbocycles. The van der Waals surface area contributed by atoms with Gasteiger partial charge in [0.15, 0.2) is 11.6 Å². The summed E-state index contributed by atoms with van der Waals surface area (Å²) >= 11 is 5.83. The standard InChI is InChI=1S/C24H30ClFN8O4S/c1-33-2-4-34(5-3-33)16-8-15(32-36)9-17(10-16)39(37,38)29-11-14-6-13-7-18(14)21(20(13)22(27)35)30-23-19(26)12-28-24(25)31-23/h8-10,12-14,18,20-21,29H,2-7,11H2,1H3,(H2,27,35)(H,28,30,31)/t13-,14+,18-,20+,21-/m1/s1. The highest BCUT2D eigenvalue weighted by atomic mass is 35.5. The van der Waals surface area contributed by atoms with Crippen LogP contribution in [0.3, 0.4) is 0 Å². The molecule has 1 amide bonds. The van der Waals surface area contributed by atoms with Gasteiger partial charge in [-0.1, -0.05) is 0 Å². The third-order valence-corrected chi connectivity index (χ3v) is 9.77. The summed E-state index contributed by atoms with van der Waals surface area (Å²) in [6, 6.07) is 3.86. The second-order valence-corrected chi connectivity index (χ2v) is 12.6. The van der Waals surface area contributed by atoms with E-state index in [1.165, 1.54) is 6.07 Å². The summed E-state index contributed by atoms with van der Waals surface area (Å²) in [6.45, 7) is 3.13. The maximum Gasteiger partial charge on any atom is 0.240 e. The molecule has 2 heterocycles. The molecule has 3 aliphatic rings. The van der Waals surface area contributed by atoms with Crippen LogP contribution < -0.4 is 20.7 Å². The van der Waals surface area contributed by atoms with Gasteiger partial charge in [0.05, 0.1) is 17.0 Å². The van der Waals surface area contributed by atoms with Crippen molar-refractivity contribution in [3.63, 3.8) is 0 Å². The Labute approximate surface area is 230 Å². The number of sulfonamides is 1. The van der Waals surface area contributed by atoms with E-state index >= 15 is 0 Å². The number of likely N-dealkylation sites (N-methyl/N-ethyl adjacent to an activating group) is 1. The van der Waals surface area contributed by atoms with Gasteiger partial charge >= 0.3 is 0 Å². The number of halogens is 2. The number of nitrogens with zero attached hydrogens (tertiary/aromatic N) is 5. The fourth-order valence-corrected chi connectivity index (χ4v) is 7.55. The van der Waals surface area contributed by atoms with E-state index in [0.29, 0.717) is 31.6 Å². The maximum absolute atomic E-state index is 14.3. The molecule has 3 fully saturated rings. The minimum Gasteiger partial charge on any atom is -0.369 e. The highest BCUT2D eigenvalue weighted by molar-refractivity contribution is 7.89. The van der Waals surface area contributed by atoms with Crippen molar-refractivity contribution in [3.05, 3.63) is 40.4 Å². The number of amides is 1. The first kappa shape index (κ1) is 27.6. The minimum absolute atomic E-state index is 0.0332. The Kier molecular flexibility index (Phi) is 7.73. The number of hydrogen-bond acceptors (Lipinski definition) is 10. The lowest BCUT2D eigenvalue weighted by atomic mass is 9.78. The highest BCUT2D eigenvalue weighted by Gasteiger charge is 2.55. The highest BCUT2D eigenvalue weighted by Crippen LogP contribution is 2.52. The summed E-state index contributed by atoms with van der Waals surface area (Å²) in [5, 5.41) is 5.83. The van der Waals surface area contributed by atoms with Gasteiger partial charge in [0.1, 0.15) is 5.69 Å². The Bertz CT molecular complexity index is 1370. The normalized spacial score (nSPS) is 27.1. The molecule has 1 aliphatic heterocycles. The van der Waals surface area contributed by atoms with Crippen molar-refractivity contribution in [1.29, 1.82) is 0 Å². The number of piperazine rings is 1. The average Bonchev–Trinajstić information content (AvgIpc) is 3.48. The topological polar surface area (TPSA) is 163 Å². The molecule has 1 saturated heterocycles. The van der Waals surface area contributed by atoms with Gasteiger partial charge in [-0.3, -0.25) is 4.79 Å². The van der Waals surface area contributed by atoms with Gasteiger partial charge < -0.3 is 20.9 Å². The van der Waals surface area contributed by atoms with Crippen LogP contribution in [0.5, 0.6) is 0 Å². The smallest absolute Gasteiger partial charge is 0.240 e. The zero-order valence-electron chi connectivity index (χ0n) is 21.3. The van der Waals surface area contributed by atoms with Crippen molar-refractivity contribution in [2.24, 2.45) is 34.6 Å². The fourth-order valence-electron chi connectivity index (χ4n) is 6.26. The second-order valence-electron chi connectivity index (χ2n) is 10.5. The summed E-state index contributed by atoms with van der Waals surface area (Å²) in [7, 11) is -1.97. The molecule has 2 aliphatic carbocycles. The number of primary amides is 1. The monoisotopic (exact) mass is 580 g/mol. The predicted octanol–water partition coefficient (Wildman–Crippen LogP) is 1.94. The van der Waals surface area contributed by atoms with Crippen LogP contribution in [0.2, 0.25) is 5.28 Å². The summed E-state index contributed by atoms with van der Waals surface area (Å²) in [4.78, 5) is 35.3. The van der Waals surface area contributed by atoms with Crippen LogP contribution in [-0.2, 0) is 14.8 Å². The Morgan fingerprint density at radius 3 is 2.67 bits per heavy atom. The zero-order chi connectivity index (χ0) is 27.9. The Morgan fingerprint density at radius 1 is 1.23 bits per heavy atom. The number of rotatable bonds is 9. The van der Waals surface area contributed by atoms with Crippen LogP contribution in [0.1, 0.15) is 12.8 Å². The summed E-state index contributed by atoms with van der Waals surface area (Å²) in [5.74, 6) is -2.29. The molecule has 0 radical (unpaired) electrons. The lowest BCUT2D eigenvalue weighted by molar-refractivity contribution is -0.123. The van der Waals surface area contributed by atoms with Gasteiger partial charge in [0.2, 0.25) is 21.2 Å². The Morgan fingerprint density at radius 2 is 1.97 bits per heavy atom. The van der Waals surface area contributed by atoms with Crippen LogP contribution in [0.4, 0.5) is 21.6 Å². The Hall–Kier alpha value is -2.94. The minimum atomic E-state index is -3.98. The molecule has 39 heavy (non-hydrogen) atoms. The van der Waals surface area contributed by atoms with Crippen molar-refractivity contribution >= 4 is 44.7 Å². The third kappa shape index (κ3) is 5.69. The lowest BCUT2D eigenvalue weighted by Gasteiger charge is -2.35. The average molecular weight is 581 g/mol. The van der Waals surface area contributed by atoms with Crippen molar-refractivity contribution in [3.8, 4) is 0 Å². The van der Waals surface area contributed by atoms with Crippen molar-refractivity contribution < 1.29 is 17.6 Å². The summed E-state index contributed by atoms with van der Waals surface area (Å²) < 4.78 is 43.7. The quantitative estimate of drug-likeness (QED) is 0.297. The molecule has 2 aromatic rings. The SMILES string of the molecule is CN1CCN(c2cc(N=O)cc(S(=O)(=O)NC[C@@H]3C[C@@H]4C[C@H]3[C@@H](Nc3nc(Cl)ncc3F)[C@H]4C(N)=O)c2)CC1. The van der Waals surface area contributed by atoms with Gasteiger partial charge in [0, 0.05) is 44.5 Å². The van der Waals surface area contributed by atoms with E-state index in [4.69, 9.17) is 17.3 Å². The van der Waals surface area contributed by atoms with Gasteiger partial charge in [0.25, 0.3) is 0 Å². The molecule has 0 unspecified atom stereocenters. The number of benzene rings is 1. The molecular formula is C24H30ClFN8O4S. The number of nitrogens with one attached hydrogen (secondary N) is 2. The molecule has 5 atom stereocenters. The van der Waals surface area contributed by atoms with E-state index < -0.39 is 33.7 Å². The number of carbonyl (C=O) groups excluding carboxylic acids is 1. The fraction of sp³-hybridized carbons (Fsp3) is 0.542. The van der Waals surface area contributed by atoms with Gasteiger partial charge in [-0.05, 0) is 72.6 Å². The third-order valence-electron chi connectivity index (χ3n) is 8.18. The van der Waals surface area contributed by atoms with Crippen molar-refractivity contribution in [2.75, 3.05) is 50.0 Å². The molecule has 1 aromatic heterocycles. The number of hydrogen-bond donors (Lipinski definition) is 3. The molecule has 2 saturated carbocycles. The van der Waals surface area contributed by atoms with Gasteiger partial charge in [-0.15, -0.1) is 4.91 Å². The van der Waals surface area contributed by atoms with Crippen LogP contribution in [-0.4, -0.2) is 75.0 Å². The van der Waals surface area contributed by atoms with E-state index in [1.807, 2.05) is 11.9 Å². The summed E-state index contributed by atoms with van der Waals surface area (Å²) in [6.07, 6.45) is 2.17. The number of nitrogens with two attached hydrogens (primary N) is 1. The number of nitroso groups, excluding NO2 is 1. The molecule has 15 heteroatoms. The van der Waals surface area contributed by atoms with E-state index in [9.17, 15) is 22.5 Å². The first-order chi connectivity index (χ1) is 18.6. The summed E-state index contributed by atoms with van der Waals surface area (Å²) in [5.41, 5.74) is 6.35. The second kappa shape index (κ2) is 10.9. The molecule has 4 N–H and O–H groups in total. The van der Waals surface area contributed by atoms with Crippen molar-refractivity contribution in [2.45, 2.75) is 23.8 Å². The number of carbonyl (C=O) groups is 1. The van der Waals surface area contributed by atoms with Gasteiger partial charge in [-0.2, -0.15) is 4.98 Å². The van der Waals surface area contributed by atoms with Crippen LogP contribution in [0.25, 0.3) is 0 Å². The number of aromatic nitrogens is 2. The van der Waals surface area contributed by atoms with Crippen molar-refractivity contribution in [1.82, 2.24) is 19.6 Å². The first-order valence-electron chi connectivity index (χ1n) is 12.7. The van der Waals surface area contributed by atoms with E-state index in [0.717, 1.165) is 19.3 Å². The van der Waals surface area contributed by atoms with Gasteiger partial charge in [-0.25, -0.2) is 22.5 Å². The van der Waals surface area contributed by atoms with E-state index in [-0.39, 0.29) is 46.0 Å². The van der Waals surface area contributed by atoms with Crippen LogP contribution in [0, 0.1) is 34.4 Å². The number of fused-ring (bicyclic) bond motifs is 2. The molecule has 5 rings (SSSR count). The largest absolute Gasteiger partial charge is 0.369 e. The maximum atomic E-state index is 14.3. The Balaban J connectivity index is 1.32. The lowest BCUT2D eigenvalue weighted by Crippen LogP contribution is -2.47. The van der Waals surface area contributed by atoms with Crippen LogP contribution >= 0.6 is 11.6 Å². The molecule has 2 bridgehead atoms. The molecule has 12 nitrogen and oxygen atoms in total. The van der Waals surface area contributed by atoms with E-state index in [1.54, 1.807) is 12.1 Å². The van der Waals surface area contributed by atoms with Crippen LogP contribution in [0.15, 0.2) is 34.5 Å². The predicted molar refractivity (Wildman–Crippen MR) is 144 cm³/mol. The molecular weight excluding hydrogens is 551 g/mol. The first-order valence-corrected chi connectivity index (χ1v) is 14.6. The van der Waals surface area contributed by atoms with E-state index in [2.05, 4.69) is 30.1 Å². The molecule has 0 spiro atoms. The molecule has 210 valence electrons.